The Labute approximate surface area is 141 Å². The summed E-state index contributed by atoms with van der Waals surface area (Å²) in [6.07, 6.45) is 5.13. The third-order valence-corrected chi connectivity index (χ3v) is 9.79. The van der Waals surface area contributed by atoms with Crippen molar-refractivity contribution in [1.29, 1.82) is 0 Å². The van der Waals surface area contributed by atoms with Gasteiger partial charge in [0.05, 0.1) is 0 Å². The highest BCUT2D eigenvalue weighted by molar-refractivity contribution is 8.76. The fourth-order valence-corrected chi connectivity index (χ4v) is 8.36. The molecule has 2 fully saturated rings. The van der Waals surface area contributed by atoms with Crippen molar-refractivity contribution in [2.24, 2.45) is 28.6 Å². The van der Waals surface area contributed by atoms with Crippen LogP contribution in [0.4, 0.5) is 0 Å². The number of aliphatic hydroxyl groups is 1. The van der Waals surface area contributed by atoms with E-state index in [1.54, 1.807) is 0 Å². The Morgan fingerprint density at radius 1 is 1.27 bits per heavy atom. The van der Waals surface area contributed by atoms with E-state index in [0.717, 1.165) is 43.6 Å². The van der Waals surface area contributed by atoms with E-state index < -0.39 is 0 Å². The van der Waals surface area contributed by atoms with E-state index in [1.807, 2.05) is 21.6 Å². The van der Waals surface area contributed by atoms with Crippen molar-refractivity contribution in [3.8, 4) is 0 Å². The van der Waals surface area contributed by atoms with E-state index >= 15 is 0 Å². The second-order valence-corrected chi connectivity index (χ2v) is 10.8. The zero-order valence-electron chi connectivity index (χ0n) is 13.6. The van der Waals surface area contributed by atoms with Gasteiger partial charge in [0, 0.05) is 29.9 Å². The van der Waals surface area contributed by atoms with Crippen molar-refractivity contribution >= 4 is 27.4 Å². The quantitative estimate of drug-likeness (QED) is 0.731. The van der Waals surface area contributed by atoms with E-state index in [-0.39, 0.29) is 10.8 Å². The lowest BCUT2D eigenvalue weighted by Crippen LogP contribution is -2.51. The van der Waals surface area contributed by atoms with Crippen LogP contribution in [0.3, 0.4) is 0 Å². The fourth-order valence-electron chi connectivity index (χ4n) is 6.25. The molecule has 0 radical (unpaired) electrons. The lowest BCUT2D eigenvalue weighted by molar-refractivity contribution is -0.123. The van der Waals surface area contributed by atoms with E-state index in [1.165, 1.54) is 11.1 Å². The van der Waals surface area contributed by atoms with Gasteiger partial charge in [0.15, 0.2) is 5.78 Å². The minimum absolute atomic E-state index is 0.0678. The monoisotopic (exact) mass is 338 g/mol. The smallest absolute Gasteiger partial charge is 0.159 e. The van der Waals surface area contributed by atoms with Crippen LogP contribution in [0.15, 0.2) is 11.1 Å². The van der Waals surface area contributed by atoms with Crippen LogP contribution in [0, 0.1) is 28.6 Å². The molecule has 0 unspecified atom stereocenters. The molecular formula is C18H26O2S2. The molecule has 0 aromatic rings. The topological polar surface area (TPSA) is 37.3 Å². The number of fused-ring (bicyclic) bond motifs is 1. The van der Waals surface area contributed by atoms with Crippen molar-refractivity contribution in [2.75, 3.05) is 18.1 Å². The molecule has 22 heavy (non-hydrogen) atoms. The number of hydrogen-bond donors (Lipinski definition) is 1. The van der Waals surface area contributed by atoms with Crippen molar-refractivity contribution in [1.82, 2.24) is 0 Å². The standard InChI is InChI=1S/C18H26O2S2/c1-17(2)12-7-11(10-19)14-4-6-22-21-5-3-13-15(8-12)18(14,17)9-16(13)20/h11-12,14,19H,3-10H2,1-2H3/t11-,12-,14-,18+/m1/s1. The normalized spacial score (nSPS) is 43.6. The fraction of sp³-hybridized carbons (Fsp3) is 0.833. The number of carbonyl (C=O) groups is 1. The molecule has 1 N–H and O–H groups in total. The highest BCUT2D eigenvalue weighted by Gasteiger charge is 2.68. The van der Waals surface area contributed by atoms with Gasteiger partial charge in [-0.05, 0) is 54.4 Å². The van der Waals surface area contributed by atoms with Crippen molar-refractivity contribution in [2.45, 2.75) is 46.0 Å². The van der Waals surface area contributed by atoms with Crippen molar-refractivity contribution in [3.05, 3.63) is 11.1 Å². The second kappa shape index (κ2) is 5.29. The van der Waals surface area contributed by atoms with Gasteiger partial charge >= 0.3 is 0 Å². The van der Waals surface area contributed by atoms with Crippen molar-refractivity contribution in [3.63, 3.8) is 0 Å². The molecule has 2 saturated carbocycles. The van der Waals surface area contributed by atoms with E-state index in [2.05, 4.69) is 13.8 Å². The van der Waals surface area contributed by atoms with Gasteiger partial charge in [0.2, 0.25) is 0 Å². The molecule has 1 heterocycles. The first-order valence-corrected chi connectivity index (χ1v) is 11.1. The van der Waals surface area contributed by atoms with Crippen LogP contribution in [0.25, 0.3) is 0 Å². The molecule has 2 nitrogen and oxygen atoms in total. The summed E-state index contributed by atoms with van der Waals surface area (Å²) in [5.74, 6) is 4.20. The molecule has 122 valence electrons. The van der Waals surface area contributed by atoms with Crippen LogP contribution in [-0.2, 0) is 4.79 Å². The summed E-state index contributed by atoms with van der Waals surface area (Å²) in [4.78, 5) is 12.8. The Morgan fingerprint density at radius 3 is 2.82 bits per heavy atom. The van der Waals surface area contributed by atoms with Crippen LogP contribution in [0.5, 0.6) is 0 Å². The molecule has 4 heteroatoms. The van der Waals surface area contributed by atoms with Gasteiger partial charge in [0.1, 0.15) is 0 Å². The number of hydrogen-bond acceptors (Lipinski definition) is 4. The highest BCUT2D eigenvalue weighted by Crippen LogP contribution is 2.74. The SMILES string of the molecule is CC1(C)[C@H]2CC3=C4CCSSCC[C@H]([C@@H](CO)C2)[C@@]31CC4=O. The van der Waals surface area contributed by atoms with E-state index in [0.29, 0.717) is 30.1 Å². The van der Waals surface area contributed by atoms with Gasteiger partial charge in [-0.3, -0.25) is 4.79 Å². The average molecular weight is 339 g/mol. The number of allylic oxidation sites excluding steroid dienone is 2. The Morgan fingerprint density at radius 2 is 2.05 bits per heavy atom. The first-order chi connectivity index (χ1) is 10.5. The first-order valence-electron chi connectivity index (χ1n) is 8.63. The first kappa shape index (κ1) is 15.6. The Hall–Kier alpha value is 0.0700. The Balaban J connectivity index is 1.90. The molecule has 4 rings (SSSR count). The Kier molecular flexibility index (Phi) is 3.75. The van der Waals surface area contributed by atoms with Crippen LogP contribution in [-0.4, -0.2) is 29.0 Å². The summed E-state index contributed by atoms with van der Waals surface area (Å²) < 4.78 is 0. The van der Waals surface area contributed by atoms with Gasteiger partial charge in [-0.2, -0.15) is 0 Å². The molecule has 3 aliphatic carbocycles. The van der Waals surface area contributed by atoms with Gasteiger partial charge in [0.25, 0.3) is 0 Å². The minimum Gasteiger partial charge on any atom is -0.396 e. The molecule has 0 amide bonds. The molecule has 0 aromatic carbocycles. The van der Waals surface area contributed by atoms with Gasteiger partial charge in [-0.1, -0.05) is 41.0 Å². The number of Topliss-reactive ketones (excluding diaryl/α,β-unsaturated/α-hetero) is 1. The predicted octanol–water partition coefficient (Wildman–Crippen LogP) is 4.09. The summed E-state index contributed by atoms with van der Waals surface area (Å²) in [6.45, 7) is 5.12. The summed E-state index contributed by atoms with van der Waals surface area (Å²) in [5.41, 5.74) is 3.00. The van der Waals surface area contributed by atoms with Gasteiger partial charge < -0.3 is 5.11 Å². The second-order valence-electron chi connectivity index (χ2n) is 8.12. The third-order valence-electron chi connectivity index (χ3n) is 7.35. The maximum absolute atomic E-state index is 12.8. The lowest BCUT2D eigenvalue weighted by atomic mass is 9.49. The maximum atomic E-state index is 12.8. The highest BCUT2D eigenvalue weighted by atomic mass is 33.1. The average Bonchev–Trinajstić information content (AvgIpc) is 2.79. The number of carbonyl (C=O) groups excluding carboxylic acids is 1. The summed E-state index contributed by atoms with van der Waals surface area (Å²) in [5, 5.41) is 10.0. The minimum atomic E-state index is 0.0678. The van der Waals surface area contributed by atoms with Crippen LogP contribution in [0.2, 0.25) is 0 Å². The van der Waals surface area contributed by atoms with Crippen LogP contribution in [0.1, 0.15) is 46.0 Å². The molecule has 0 saturated heterocycles. The van der Waals surface area contributed by atoms with E-state index in [9.17, 15) is 9.90 Å². The molecule has 3 bridgehead atoms. The zero-order valence-corrected chi connectivity index (χ0v) is 15.2. The molecule has 4 atom stereocenters. The lowest BCUT2D eigenvalue weighted by Gasteiger charge is -2.55. The predicted molar refractivity (Wildman–Crippen MR) is 93.8 cm³/mol. The molecule has 1 spiro atoms. The summed E-state index contributed by atoms with van der Waals surface area (Å²) >= 11 is 0. The summed E-state index contributed by atoms with van der Waals surface area (Å²) in [7, 11) is 3.89. The van der Waals surface area contributed by atoms with Crippen molar-refractivity contribution < 1.29 is 9.90 Å². The largest absolute Gasteiger partial charge is 0.396 e. The third kappa shape index (κ3) is 1.83. The number of rotatable bonds is 1. The molecule has 4 aliphatic rings. The van der Waals surface area contributed by atoms with Crippen LogP contribution < -0.4 is 0 Å². The molecule has 1 aliphatic heterocycles. The van der Waals surface area contributed by atoms with Gasteiger partial charge in [-0.15, -0.1) is 0 Å². The molecular weight excluding hydrogens is 312 g/mol. The van der Waals surface area contributed by atoms with Gasteiger partial charge in [-0.25, -0.2) is 0 Å². The Bertz CT molecular complexity index is 539. The zero-order chi connectivity index (χ0) is 15.5. The van der Waals surface area contributed by atoms with Crippen LogP contribution >= 0.6 is 21.6 Å². The molecule has 0 aromatic heterocycles. The van der Waals surface area contributed by atoms with E-state index in [4.69, 9.17) is 0 Å². The maximum Gasteiger partial charge on any atom is 0.159 e. The number of ketones is 1. The number of aliphatic hydroxyl groups excluding tert-OH is 1. The summed E-state index contributed by atoms with van der Waals surface area (Å²) in [6, 6.07) is 0.